The van der Waals surface area contributed by atoms with E-state index in [0.717, 1.165) is 0 Å². The lowest BCUT2D eigenvalue weighted by molar-refractivity contribution is -0.149. The van der Waals surface area contributed by atoms with E-state index in [9.17, 15) is 9.59 Å². The second kappa shape index (κ2) is 7.33. The van der Waals surface area contributed by atoms with E-state index in [2.05, 4.69) is 5.32 Å². The molecule has 3 atom stereocenters. The van der Waals surface area contributed by atoms with Crippen LogP contribution in [0.5, 0.6) is 0 Å². The Morgan fingerprint density at radius 3 is 2.78 bits per heavy atom. The van der Waals surface area contributed by atoms with Crippen molar-refractivity contribution in [1.29, 1.82) is 0 Å². The summed E-state index contributed by atoms with van der Waals surface area (Å²) in [6.45, 7) is 2.29. The van der Waals surface area contributed by atoms with Crippen LogP contribution in [0.4, 0.5) is 0 Å². The number of aliphatic carboxylic acids is 1. The van der Waals surface area contributed by atoms with Crippen molar-refractivity contribution >= 4 is 11.9 Å². The van der Waals surface area contributed by atoms with Crippen LogP contribution in [0.25, 0.3) is 0 Å². The zero-order valence-electron chi connectivity index (χ0n) is 10.8. The van der Waals surface area contributed by atoms with Gasteiger partial charge in [-0.25, -0.2) is 4.79 Å². The first kappa shape index (κ1) is 14.9. The Morgan fingerprint density at radius 1 is 1.50 bits per heavy atom. The lowest BCUT2D eigenvalue weighted by atomic mass is 10.2. The summed E-state index contributed by atoms with van der Waals surface area (Å²) in [6.07, 6.45) is 1.42. The van der Waals surface area contributed by atoms with Crippen LogP contribution in [0.3, 0.4) is 0 Å². The fourth-order valence-corrected chi connectivity index (χ4v) is 1.81. The predicted molar refractivity (Wildman–Crippen MR) is 64.2 cm³/mol. The predicted octanol–water partition coefficient (Wildman–Crippen LogP) is 0.550. The van der Waals surface area contributed by atoms with Crippen LogP contribution in [0.15, 0.2) is 0 Å². The number of methoxy groups -OCH3 is 1. The Hall–Kier alpha value is -1.14. The molecule has 1 heterocycles. The molecule has 0 saturated carbocycles. The van der Waals surface area contributed by atoms with Gasteiger partial charge in [-0.3, -0.25) is 4.79 Å². The second-order valence-electron chi connectivity index (χ2n) is 4.55. The maximum Gasteiger partial charge on any atom is 0.332 e. The van der Waals surface area contributed by atoms with E-state index < -0.39 is 12.1 Å². The molecule has 104 valence electrons. The third-order valence-electron chi connectivity index (χ3n) is 3.09. The standard InChI is InChI=1S/C12H21NO5/c1-8(17-2)3-6-11(14)13-7-9-4-5-10(18-9)12(15)16/h8-10H,3-7H2,1-2H3,(H,13,14)(H,15,16). The average Bonchev–Trinajstić information content (AvgIpc) is 2.82. The molecule has 0 spiro atoms. The minimum atomic E-state index is -0.933. The molecule has 1 saturated heterocycles. The number of hydrogen-bond donors (Lipinski definition) is 2. The van der Waals surface area contributed by atoms with Gasteiger partial charge in [-0.2, -0.15) is 0 Å². The number of carbonyl (C=O) groups excluding carboxylic acids is 1. The number of ether oxygens (including phenoxy) is 2. The molecule has 0 aromatic carbocycles. The molecule has 6 nitrogen and oxygen atoms in total. The summed E-state index contributed by atoms with van der Waals surface area (Å²) >= 11 is 0. The van der Waals surface area contributed by atoms with E-state index in [-0.39, 0.29) is 18.1 Å². The van der Waals surface area contributed by atoms with Gasteiger partial charge in [0.25, 0.3) is 0 Å². The molecule has 0 aliphatic carbocycles. The Kier molecular flexibility index (Phi) is 6.07. The summed E-state index contributed by atoms with van der Waals surface area (Å²) in [7, 11) is 1.61. The van der Waals surface area contributed by atoms with Crippen LogP contribution in [0.2, 0.25) is 0 Å². The molecule has 0 radical (unpaired) electrons. The SMILES string of the molecule is COC(C)CCC(=O)NCC1CCC(C(=O)O)O1. The van der Waals surface area contributed by atoms with Crippen molar-refractivity contribution in [3.05, 3.63) is 0 Å². The monoisotopic (exact) mass is 259 g/mol. The first-order valence-electron chi connectivity index (χ1n) is 6.20. The van der Waals surface area contributed by atoms with Gasteiger partial charge in [-0.05, 0) is 26.2 Å². The third kappa shape index (κ3) is 5.01. The van der Waals surface area contributed by atoms with Crippen LogP contribution < -0.4 is 5.32 Å². The van der Waals surface area contributed by atoms with Gasteiger partial charge in [0.05, 0.1) is 12.2 Å². The molecular weight excluding hydrogens is 238 g/mol. The highest BCUT2D eigenvalue weighted by Gasteiger charge is 2.30. The first-order chi connectivity index (χ1) is 8.52. The summed E-state index contributed by atoms with van der Waals surface area (Å²) in [6, 6.07) is 0. The molecule has 3 unspecified atom stereocenters. The summed E-state index contributed by atoms with van der Waals surface area (Å²) < 4.78 is 10.3. The summed E-state index contributed by atoms with van der Waals surface area (Å²) in [5.41, 5.74) is 0. The number of carbonyl (C=O) groups is 2. The summed E-state index contributed by atoms with van der Waals surface area (Å²) in [5, 5.41) is 11.5. The Bertz CT molecular complexity index is 294. The number of rotatable bonds is 7. The Labute approximate surface area is 107 Å². The lowest BCUT2D eigenvalue weighted by Gasteiger charge is -2.13. The van der Waals surface area contributed by atoms with E-state index >= 15 is 0 Å². The van der Waals surface area contributed by atoms with Gasteiger partial charge in [-0.1, -0.05) is 0 Å². The van der Waals surface area contributed by atoms with E-state index in [1.165, 1.54) is 0 Å². The molecule has 1 rings (SSSR count). The molecule has 0 bridgehead atoms. The van der Waals surface area contributed by atoms with Gasteiger partial charge in [0, 0.05) is 20.1 Å². The molecule has 1 fully saturated rings. The quantitative estimate of drug-likeness (QED) is 0.697. The highest BCUT2D eigenvalue weighted by atomic mass is 16.5. The first-order valence-corrected chi connectivity index (χ1v) is 6.20. The van der Waals surface area contributed by atoms with Crippen molar-refractivity contribution < 1.29 is 24.2 Å². The fraction of sp³-hybridized carbons (Fsp3) is 0.833. The van der Waals surface area contributed by atoms with Gasteiger partial charge in [0.2, 0.25) is 5.91 Å². The van der Waals surface area contributed by atoms with E-state index in [1.54, 1.807) is 7.11 Å². The maximum absolute atomic E-state index is 11.5. The van der Waals surface area contributed by atoms with E-state index in [1.807, 2.05) is 6.92 Å². The van der Waals surface area contributed by atoms with Gasteiger partial charge < -0.3 is 19.9 Å². The average molecular weight is 259 g/mol. The molecule has 0 aromatic heterocycles. The minimum Gasteiger partial charge on any atom is -0.479 e. The van der Waals surface area contributed by atoms with Gasteiger partial charge in [-0.15, -0.1) is 0 Å². The van der Waals surface area contributed by atoms with Crippen LogP contribution in [0.1, 0.15) is 32.6 Å². The molecule has 1 aliphatic rings. The zero-order chi connectivity index (χ0) is 13.5. The van der Waals surface area contributed by atoms with Crippen LogP contribution >= 0.6 is 0 Å². The van der Waals surface area contributed by atoms with Crippen molar-refractivity contribution in [1.82, 2.24) is 5.32 Å². The second-order valence-corrected chi connectivity index (χ2v) is 4.55. The summed E-state index contributed by atoms with van der Waals surface area (Å²) in [4.78, 5) is 22.2. The number of carboxylic acids is 1. The molecule has 6 heteroatoms. The van der Waals surface area contributed by atoms with Crippen molar-refractivity contribution in [2.75, 3.05) is 13.7 Å². The van der Waals surface area contributed by atoms with Gasteiger partial charge >= 0.3 is 5.97 Å². The molecule has 0 aromatic rings. The molecule has 2 N–H and O–H groups in total. The number of carboxylic acid groups (broad SMARTS) is 1. The Morgan fingerprint density at radius 2 is 2.22 bits per heavy atom. The lowest BCUT2D eigenvalue weighted by Crippen LogP contribution is -2.33. The number of hydrogen-bond acceptors (Lipinski definition) is 4. The minimum absolute atomic E-state index is 0.0544. The fourth-order valence-electron chi connectivity index (χ4n) is 1.81. The molecule has 18 heavy (non-hydrogen) atoms. The molecule has 1 aliphatic heterocycles. The van der Waals surface area contributed by atoms with E-state index in [0.29, 0.717) is 32.2 Å². The van der Waals surface area contributed by atoms with Crippen LogP contribution in [-0.2, 0) is 19.1 Å². The third-order valence-corrected chi connectivity index (χ3v) is 3.09. The molecule has 1 amide bonds. The van der Waals surface area contributed by atoms with E-state index in [4.69, 9.17) is 14.6 Å². The number of nitrogens with one attached hydrogen (secondary N) is 1. The van der Waals surface area contributed by atoms with Gasteiger partial charge in [0.15, 0.2) is 6.10 Å². The topological polar surface area (TPSA) is 84.9 Å². The van der Waals surface area contributed by atoms with Crippen LogP contribution in [0, 0.1) is 0 Å². The Balaban J connectivity index is 2.14. The van der Waals surface area contributed by atoms with Crippen molar-refractivity contribution in [3.8, 4) is 0 Å². The van der Waals surface area contributed by atoms with Gasteiger partial charge in [0.1, 0.15) is 0 Å². The zero-order valence-corrected chi connectivity index (χ0v) is 10.8. The maximum atomic E-state index is 11.5. The largest absolute Gasteiger partial charge is 0.479 e. The molecular formula is C12H21NO5. The number of amides is 1. The van der Waals surface area contributed by atoms with Crippen LogP contribution in [-0.4, -0.2) is 48.9 Å². The highest BCUT2D eigenvalue weighted by molar-refractivity contribution is 5.76. The highest BCUT2D eigenvalue weighted by Crippen LogP contribution is 2.19. The smallest absolute Gasteiger partial charge is 0.332 e. The normalized spacial score (nSPS) is 24.8. The van der Waals surface area contributed by atoms with Crippen molar-refractivity contribution in [2.24, 2.45) is 0 Å². The summed E-state index contributed by atoms with van der Waals surface area (Å²) in [5.74, 6) is -0.987. The van der Waals surface area contributed by atoms with Crippen molar-refractivity contribution in [3.63, 3.8) is 0 Å². The van der Waals surface area contributed by atoms with Crippen molar-refractivity contribution in [2.45, 2.75) is 50.9 Å².